The van der Waals surface area contributed by atoms with E-state index < -0.39 is 12.2 Å². The van der Waals surface area contributed by atoms with Gasteiger partial charge in [0.2, 0.25) is 0 Å². The maximum Gasteiger partial charge on any atom is 0.287 e. The van der Waals surface area contributed by atoms with E-state index in [0.717, 1.165) is 0 Å². The van der Waals surface area contributed by atoms with E-state index in [4.69, 9.17) is 16.7 Å². The third kappa shape index (κ3) is 4.49. The fraction of sp³-hybridized carbons (Fsp3) is 0.667. The van der Waals surface area contributed by atoms with Crippen molar-refractivity contribution in [2.75, 3.05) is 18.5 Å². The van der Waals surface area contributed by atoms with E-state index in [1.54, 1.807) is 0 Å². The van der Waals surface area contributed by atoms with Crippen LogP contribution in [0.25, 0.3) is 0 Å². The standard InChI is InChI=1S/C12H20ClN3O3/c1-8(2)5-16-11(18)10(13)9(4-15-16)14-6-12(3,19)7-17/h4,8,14,17,19H,5-7H2,1-3H3. The van der Waals surface area contributed by atoms with Gasteiger partial charge in [0, 0.05) is 13.1 Å². The van der Waals surface area contributed by atoms with Crippen LogP contribution >= 0.6 is 11.6 Å². The summed E-state index contributed by atoms with van der Waals surface area (Å²) in [5, 5.41) is 25.5. The minimum atomic E-state index is -1.28. The normalized spacial score (nSPS) is 14.5. The number of hydrogen-bond acceptors (Lipinski definition) is 5. The van der Waals surface area contributed by atoms with Crippen LogP contribution in [0, 0.1) is 5.92 Å². The quantitative estimate of drug-likeness (QED) is 0.718. The SMILES string of the molecule is CC(C)Cn1ncc(NCC(C)(O)CO)c(Cl)c1=O. The number of aromatic nitrogens is 2. The molecule has 1 rings (SSSR count). The highest BCUT2D eigenvalue weighted by molar-refractivity contribution is 6.32. The van der Waals surface area contributed by atoms with Crippen LogP contribution in [0.15, 0.2) is 11.0 Å². The average Bonchev–Trinajstić information content (AvgIpc) is 2.34. The van der Waals surface area contributed by atoms with Crippen molar-refractivity contribution in [3.63, 3.8) is 0 Å². The van der Waals surface area contributed by atoms with E-state index in [2.05, 4.69) is 10.4 Å². The first-order valence-electron chi connectivity index (χ1n) is 6.09. The summed E-state index contributed by atoms with van der Waals surface area (Å²) in [6.45, 7) is 5.60. The number of halogens is 1. The summed E-state index contributed by atoms with van der Waals surface area (Å²) in [5.41, 5.74) is -1.31. The second kappa shape index (κ2) is 6.36. The molecule has 108 valence electrons. The number of hydrogen-bond donors (Lipinski definition) is 3. The Bertz CT molecular complexity index is 486. The van der Waals surface area contributed by atoms with Crippen molar-refractivity contribution in [3.8, 4) is 0 Å². The van der Waals surface area contributed by atoms with Crippen molar-refractivity contribution in [1.29, 1.82) is 0 Å². The molecule has 0 aromatic carbocycles. The molecule has 1 aromatic rings. The Hall–Kier alpha value is -1.11. The Morgan fingerprint density at radius 1 is 1.58 bits per heavy atom. The molecule has 1 aromatic heterocycles. The van der Waals surface area contributed by atoms with Crippen LogP contribution in [0.2, 0.25) is 5.02 Å². The zero-order valence-corrected chi connectivity index (χ0v) is 12.1. The molecule has 0 fully saturated rings. The Morgan fingerprint density at radius 3 is 2.74 bits per heavy atom. The molecule has 19 heavy (non-hydrogen) atoms. The van der Waals surface area contributed by atoms with Crippen LogP contribution in [-0.2, 0) is 6.54 Å². The predicted octanol–water partition coefficient (Wildman–Crippen LogP) is 0.708. The molecule has 0 radical (unpaired) electrons. The van der Waals surface area contributed by atoms with Crippen molar-refractivity contribution in [2.24, 2.45) is 5.92 Å². The highest BCUT2D eigenvalue weighted by atomic mass is 35.5. The van der Waals surface area contributed by atoms with Crippen LogP contribution in [0.3, 0.4) is 0 Å². The summed E-state index contributed by atoms with van der Waals surface area (Å²) in [5.74, 6) is 0.287. The minimum Gasteiger partial charge on any atom is -0.393 e. The van der Waals surface area contributed by atoms with Crippen LogP contribution in [0.1, 0.15) is 20.8 Å². The number of nitrogens with zero attached hydrogens (tertiary/aromatic N) is 2. The first kappa shape index (κ1) is 15.9. The zero-order valence-electron chi connectivity index (χ0n) is 11.4. The van der Waals surface area contributed by atoms with Crippen molar-refractivity contribution in [2.45, 2.75) is 32.9 Å². The van der Waals surface area contributed by atoms with E-state index in [0.29, 0.717) is 12.2 Å². The fourth-order valence-electron chi connectivity index (χ4n) is 1.41. The van der Waals surface area contributed by atoms with Crippen LogP contribution < -0.4 is 10.9 Å². The maximum absolute atomic E-state index is 11.9. The van der Waals surface area contributed by atoms with E-state index in [9.17, 15) is 9.90 Å². The van der Waals surface area contributed by atoms with Gasteiger partial charge in [0.1, 0.15) is 10.6 Å². The van der Waals surface area contributed by atoms with Gasteiger partial charge < -0.3 is 15.5 Å². The lowest BCUT2D eigenvalue weighted by molar-refractivity contribution is 0.0132. The summed E-state index contributed by atoms with van der Waals surface area (Å²) in [6, 6.07) is 0. The van der Waals surface area contributed by atoms with Gasteiger partial charge in [0.25, 0.3) is 5.56 Å². The fourth-order valence-corrected chi connectivity index (χ4v) is 1.62. The number of aliphatic hydroxyl groups excluding tert-OH is 1. The second-order valence-corrected chi connectivity index (χ2v) is 5.64. The van der Waals surface area contributed by atoms with Crippen LogP contribution in [0.4, 0.5) is 5.69 Å². The largest absolute Gasteiger partial charge is 0.393 e. The lowest BCUT2D eigenvalue weighted by Crippen LogP contribution is -2.37. The number of aliphatic hydroxyl groups is 2. The number of nitrogens with one attached hydrogen (secondary N) is 1. The predicted molar refractivity (Wildman–Crippen MR) is 74.5 cm³/mol. The van der Waals surface area contributed by atoms with E-state index in [1.165, 1.54) is 17.8 Å². The second-order valence-electron chi connectivity index (χ2n) is 5.26. The first-order valence-corrected chi connectivity index (χ1v) is 6.47. The highest BCUT2D eigenvalue weighted by Crippen LogP contribution is 2.16. The van der Waals surface area contributed by atoms with Gasteiger partial charge in [-0.2, -0.15) is 5.10 Å². The van der Waals surface area contributed by atoms with E-state index >= 15 is 0 Å². The molecule has 3 N–H and O–H groups in total. The van der Waals surface area contributed by atoms with Gasteiger partial charge in [-0.3, -0.25) is 4.79 Å². The molecule has 6 nitrogen and oxygen atoms in total. The molecule has 0 aliphatic carbocycles. The molecule has 7 heteroatoms. The summed E-state index contributed by atoms with van der Waals surface area (Å²) >= 11 is 5.97. The third-order valence-electron chi connectivity index (χ3n) is 2.52. The van der Waals surface area contributed by atoms with Gasteiger partial charge in [0.15, 0.2) is 0 Å². The van der Waals surface area contributed by atoms with Crippen LogP contribution in [0.5, 0.6) is 0 Å². The van der Waals surface area contributed by atoms with Gasteiger partial charge in [-0.1, -0.05) is 25.4 Å². The lowest BCUT2D eigenvalue weighted by Gasteiger charge is -2.21. The monoisotopic (exact) mass is 289 g/mol. The Labute approximate surface area is 117 Å². The molecular weight excluding hydrogens is 270 g/mol. The Balaban J connectivity index is 2.88. The lowest BCUT2D eigenvalue weighted by atomic mass is 10.1. The molecule has 1 heterocycles. The molecule has 0 bridgehead atoms. The number of rotatable bonds is 6. The third-order valence-corrected chi connectivity index (χ3v) is 2.89. The Kier molecular flexibility index (Phi) is 5.34. The summed E-state index contributed by atoms with van der Waals surface area (Å²) in [4.78, 5) is 11.9. The van der Waals surface area contributed by atoms with Gasteiger partial charge in [0.05, 0.1) is 18.5 Å². The van der Waals surface area contributed by atoms with Gasteiger partial charge >= 0.3 is 0 Å². The minimum absolute atomic E-state index is 0.0318. The maximum atomic E-state index is 11.9. The van der Waals surface area contributed by atoms with Crippen molar-refractivity contribution < 1.29 is 10.2 Å². The molecule has 0 saturated heterocycles. The first-order chi connectivity index (χ1) is 8.76. The summed E-state index contributed by atoms with van der Waals surface area (Å²) in [6.07, 6.45) is 1.44. The zero-order chi connectivity index (χ0) is 14.6. The molecule has 1 atom stereocenters. The van der Waals surface area contributed by atoms with Crippen molar-refractivity contribution in [3.05, 3.63) is 21.6 Å². The van der Waals surface area contributed by atoms with Gasteiger partial charge in [-0.25, -0.2) is 4.68 Å². The molecule has 0 amide bonds. The van der Waals surface area contributed by atoms with Gasteiger partial charge in [-0.05, 0) is 12.8 Å². The Morgan fingerprint density at radius 2 is 2.21 bits per heavy atom. The molecule has 1 unspecified atom stereocenters. The van der Waals surface area contributed by atoms with Gasteiger partial charge in [-0.15, -0.1) is 0 Å². The molecule has 0 spiro atoms. The molecule has 0 aliphatic rings. The number of anilines is 1. The smallest absolute Gasteiger partial charge is 0.287 e. The highest BCUT2D eigenvalue weighted by Gasteiger charge is 2.19. The van der Waals surface area contributed by atoms with Crippen LogP contribution in [-0.4, -0.2) is 38.7 Å². The van der Waals surface area contributed by atoms with Crippen molar-refractivity contribution in [1.82, 2.24) is 9.78 Å². The van der Waals surface area contributed by atoms with Crippen molar-refractivity contribution >= 4 is 17.3 Å². The molecule has 0 aliphatic heterocycles. The molecule has 0 saturated carbocycles. The summed E-state index contributed by atoms with van der Waals surface area (Å²) < 4.78 is 1.31. The average molecular weight is 290 g/mol. The topological polar surface area (TPSA) is 87.4 Å². The van der Waals surface area contributed by atoms with E-state index in [1.807, 2.05) is 13.8 Å². The van der Waals surface area contributed by atoms with E-state index in [-0.39, 0.29) is 23.0 Å². The molecular formula is C12H20ClN3O3. The summed E-state index contributed by atoms with van der Waals surface area (Å²) in [7, 11) is 0.